The summed E-state index contributed by atoms with van der Waals surface area (Å²) in [5.74, 6) is -0.929. The van der Waals surface area contributed by atoms with Gasteiger partial charge in [-0.15, -0.1) is 0 Å². The van der Waals surface area contributed by atoms with E-state index in [1.807, 2.05) is 14.1 Å². The van der Waals surface area contributed by atoms with Gasteiger partial charge in [-0.1, -0.05) is 18.7 Å². The van der Waals surface area contributed by atoms with E-state index in [1.165, 1.54) is 0 Å². The van der Waals surface area contributed by atoms with Crippen molar-refractivity contribution in [3.8, 4) is 0 Å². The molecule has 1 heterocycles. The van der Waals surface area contributed by atoms with Crippen LogP contribution in [0.15, 0.2) is 36.4 Å². The monoisotopic (exact) mass is 482 g/mol. The van der Waals surface area contributed by atoms with Crippen molar-refractivity contribution in [2.24, 2.45) is 0 Å². The number of likely N-dealkylation sites (N-methyl/N-ethyl adjacent to an activating group) is 1. The van der Waals surface area contributed by atoms with Gasteiger partial charge in [0.2, 0.25) is 5.91 Å². The molecule has 0 bridgehead atoms. The number of imide groups is 1. The predicted octanol–water partition coefficient (Wildman–Crippen LogP) is 1.97. The number of phosphoric ester groups is 1. The fraction of sp³-hybridized carbons (Fsp3) is 0.500. The predicted molar refractivity (Wildman–Crippen MR) is 122 cm³/mol. The fourth-order valence-corrected chi connectivity index (χ4v) is 4.00. The van der Waals surface area contributed by atoms with Gasteiger partial charge in [0.15, 0.2) is 0 Å². The molecule has 11 heteroatoms. The maximum absolute atomic E-state index is 12.3. The first-order valence-corrected chi connectivity index (χ1v) is 12.3. The third kappa shape index (κ3) is 8.17. The maximum Gasteiger partial charge on any atom is 0.472 e. The Balaban J connectivity index is 1.64. The number of nitrogens with zero attached hydrogens (tertiary/aromatic N) is 2. The van der Waals surface area contributed by atoms with E-state index in [4.69, 9.17) is 9.05 Å². The van der Waals surface area contributed by atoms with Crippen molar-refractivity contribution < 1.29 is 37.4 Å². The van der Waals surface area contributed by atoms with Crippen molar-refractivity contribution in [3.63, 3.8) is 0 Å². The third-order valence-corrected chi connectivity index (χ3v) is 6.24. The quantitative estimate of drug-likeness (QED) is 0.137. The standard InChI is InChI=1S/C22H32N3O7P/c1-17(2)20(26)23-11-7-13-25(3,4)14-16-32-33(29,30)31-15-8-12-24-21(27)18-9-5-6-10-19(18)22(24)28/h5-6,9-10H,1,7-8,11-16H2,2-4H3,(H-,23,26,29,30)/p+1. The van der Waals surface area contributed by atoms with Crippen LogP contribution in [0.1, 0.15) is 40.5 Å². The van der Waals surface area contributed by atoms with Gasteiger partial charge in [-0.05, 0) is 25.5 Å². The molecule has 0 spiro atoms. The molecule has 1 aliphatic rings. The van der Waals surface area contributed by atoms with Crippen LogP contribution in [0.5, 0.6) is 0 Å². The fourth-order valence-electron chi connectivity index (χ4n) is 3.26. The largest absolute Gasteiger partial charge is 0.472 e. The second-order valence-electron chi connectivity index (χ2n) is 8.57. The summed E-state index contributed by atoms with van der Waals surface area (Å²) in [5, 5.41) is 2.76. The lowest BCUT2D eigenvalue weighted by Gasteiger charge is -2.30. The molecule has 0 fully saturated rings. The molecular weight excluding hydrogens is 449 g/mol. The van der Waals surface area contributed by atoms with E-state index in [9.17, 15) is 23.8 Å². The number of hydrogen-bond acceptors (Lipinski definition) is 6. The van der Waals surface area contributed by atoms with Crippen LogP contribution in [0.2, 0.25) is 0 Å². The highest BCUT2D eigenvalue weighted by Gasteiger charge is 2.34. The van der Waals surface area contributed by atoms with Crippen LogP contribution in [-0.4, -0.2) is 85.5 Å². The Morgan fingerprint density at radius 1 is 1.09 bits per heavy atom. The van der Waals surface area contributed by atoms with Gasteiger partial charge >= 0.3 is 7.82 Å². The summed E-state index contributed by atoms with van der Waals surface area (Å²) in [7, 11) is -0.343. The smallest absolute Gasteiger partial charge is 0.352 e. The Hall–Kier alpha value is -2.36. The van der Waals surface area contributed by atoms with Crippen molar-refractivity contribution in [3.05, 3.63) is 47.5 Å². The molecule has 10 nitrogen and oxygen atoms in total. The molecule has 1 aliphatic heterocycles. The van der Waals surface area contributed by atoms with Gasteiger partial charge in [-0.2, -0.15) is 0 Å². The summed E-state index contributed by atoms with van der Waals surface area (Å²) < 4.78 is 22.7. The van der Waals surface area contributed by atoms with E-state index in [-0.39, 0.29) is 43.9 Å². The summed E-state index contributed by atoms with van der Waals surface area (Å²) in [6, 6.07) is 6.58. The van der Waals surface area contributed by atoms with Crippen molar-refractivity contribution >= 4 is 25.5 Å². The molecule has 0 saturated heterocycles. The highest BCUT2D eigenvalue weighted by atomic mass is 31.2. The van der Waals surface area contributed by atoms with E-state index < -0.39 is 7.82 Å². The Morgan fingerprint density at radius 2 is 1.67 bits per heavy atom. The van der Waals surface area contributed by atoms with Crippen molar-refractivity contribution in [2.75, 3.05) is 53.5 Å². The average Bonchev–Trinajstić information content (AvgIpc) is 2.98. The first-order chi connectivity index (χ1) is 15.4. The van der Waals surface area contributed by atoms with Crippen LogP contribution in [0.4, 0.5) is 0 Å². The first kappa shape index (κ1) is 26.9. The average molecular weight is 482 g/mol. The number of quaternary nitrogens is 1. The zero-order valence-corrected chi connectivity index (χ0v) is 20.3. The lowest BCUT2D eigenvalue weighted by atomic mass is 10.1. The minimum Gasteiger partial charge on any atom is -0.352 e. The molecule has 0 saturated carbocycles. The summed E-state index contributed by atoms with van der Waals surface area (Å²) in [6.07, 6.45) is 0.938. The normalized spacial score (nSPS) is 15.3. The Bertz CT molecular complexity index is 913. The molecule has 0 aliphatic carbocycles. The molecule has 1 aromatic rings. The van der Waals surface area contributed by atoms with Gasteiger partial charge < -0.3 is 14.7 Å². The SMILES string of the molecule is C=C(C)C(=O)NCCC[N+](C)(C)CCOP(=O)(O)OCCCN1C(=O)c2ccccc2C1=O. The van der Waals surface area contributed by atoms with E-state index in [0.717, 1.165) is 17.9 Å². The number of hydrogen-bond donors (Lipinski definition) is 2. The van der Waals surface area contributed by atoms with Gasteiger partial charge in [0.25, 0.3) is 11.8 Å². The van der Waals surface area contributed by atoms with Crippen molar-refractivity contribution in [1.82, 2.24) is 10.2 Å². The van der Waals surface area contributed by atoms with Crippen LogP contribution >= 0.6 is 7.82 Å². The topological polar surface area (TPSA) is 122 Å². The minimum atomic E-state index is -4.25. The van der Waals surface area contributed by atoms with E-state index >= 15 is 0 Å². The van der Waals surface area contributed by atoms with Crippen LogP contribution in [0.3, 0.4) is 0 Å². The Labute approximate surface area is 194 Å². The highest BCUT2D eigenvalue weighted by Crippen LogP contribution is 2.43. The first-order valence-electron chi connectivity index (χ1n) is 10.8. The molecule has 33 heavy (non-hydrogen) atoms. The van der Waals surface area contributed by atoms with E-state index in [1.54, 1.807) is 31.2 Å². The van der Waals surface area contributed by atoms with E-state index in [2.05, 4.69) is 11.9 Å². The number of nitrogens with one attached hydrogen (secondary N) is 1. The number of rotatable bonds is 14. The second-order valence-corrected chi connectivity index (χ2v) is 10.0. The van der Waals surface area contributed by atoms with Crippen LogP contribution in [-0.2, 0) is 18.4 Å². The highest BCUT2D eigenvalue weighted by molar-refractivity contribution is 7.47. The zero-order valence-electron chi connectivity index (χ0n) is 19.4. The van der Waals surface area contributed by atoms with Gasteiger partial charge in [-0.25, -0.2) is 4.57 Å². The Kier molecular flexibility index (Phi) is 9.51. The number of fused-ring (bicyclic) bond motifs is 1. The zero-order chi connectivity index (χ0) is 24.6. The summed E-state index contributed by atoms with van der Waals surface area (Å²) in [5.41, 5.74) is 1.18. The van der Waals surface area contributed by atoms with Gasteiger partial charge in [0.05, 0.1) is 38.4 Å². The molecular formula is C22H33N3O7P+. The maximum atomic E-state index is 12.3. The van der Waals surface area contributed by atoms with Crippen molar-refractivity contribution in [1.29, 1.82) is 0 Å². The lowest BCUT2D eigenvalue weighted by molar-refractivity contribution is -0.890. The molecule has 3 amide bonds. The molecule has 0 aromatic heterocycles. The van der Waals surface area contributed by atoms with E-state index in [0.29, 0.717) is 34.3 Å². The van der Waals surface area contributed by atoms with Gasteiger partial charge in [0.1, 0.15) is 13.2 Å². The summed E-state index contributed by atoms with van der Waals surface area (Å²) >= 11 is 0. The van der Waals surface area contributed by atoms with Crippen LogP contribution in [0, 0.1) is 0 Å². The van der Waals surface area contributed by atoms with Crippen LogP contribution < -0.4 is 5.32 Å². The molecule has 2 rings (SSSR count). The number of phosphoric acid groups is 1. The molecule has 1 atom stereocenters. The number of benzene rings is 1. The number of carbonyl (C=O) groups excluding carboxylic acids is 3. The summed E-state index contributed by atoms with van der Waals surface area (Å²) in [4.78, 5) is 47.1. The van der Waals surface area contributed by atoms with Crippen molar-refractivity contribution in [2.45, 2.75) is 19.8 Å². The number of carbonyl (C=O) groups is 3. The molecule has 1 unspecified atom stereocenters. The molecule has 182 valence electrons. The third-order valence-electron chi connectivity index (χ3n) is 5.22. The molecule has 1 aromatic carbocycles. The van der Waals surface area contributed by atoms with Gasteiger partial charge in [-0.3, -0.25) is 28.3 Å². The van der Waals surface area contributed by atoms with Gasteiger partial charge in [0, 0.05) is 25.1 Å². The van der Waals surface area contributed by atoms with Crippen LogP contribution in [0.25, 0.3) is 0 Å². The molecule has 2 N–H and O–H groups in total. The lowest BCUT2D eigenvalue weighted by Crippen LogP contribution is -2.44. The Morgan fingerprint density at radius 3 is 2.24 bits per heavy atom. The minimum absolute atomic E-state index is 0.0112. The molecule has 0 radical (unpaired) electrons. The number of amides is 3. The summed E-state index contributed by atoms with van der Waals surface area (Å²) in [6.45, 7) is 6.90. The second kappa shape index (κ2) is 11.7.